The number of nitrogens with one attached hydrogen (secondary N) is 2. The number of nitrogens with zero attached hydrogens (tertiary/aromatic N) is 1. The number of hydrogen-bond acceptors (Lipinski definition) is 3. The molecule has 0 aliphatic carbocycles. The van der Waals surface area contributed by atoms with Gasteiger partial charge in [-0.05, 0) is 37.6 Å². The minimum Gasteiger partial charge on any atom is -0.382 e. The predicted molar refractivity (Wildman–Crippen MR) is 84.1 cm³/mol. The van der Waals surface area contributed by atoms with E-state index >= 15 is 0 Å². The molecule has 20 heavy (non-hydrogen) atoms. The second-order valence-corrected chi connectivity index (χ2v) is 5.34. The summed E-state index contributed by atoms with van der Waals surface area (Å²) in [4.78, 5) is 13.9. The number of carbonyl (C=O) groups is 1. The average molecular weight is 275 g/mol. The summed E-state index contributed by atoms with van der Waals surface area (Å²) in [6, 6.07) is 8.52. The molecular weight excluding hydrogens is 250 g/mol. The number of carbonyl (C=O) groups excluding carboxylic acids is 1. The van der Waals surface area contributed by atoms with E-state index in [-0.39, 0.29) is 5.91 Å². The smallest absolute Gasteiger partial charge is 0.224 e. The van der Waals surface area contributed by atoms with Crippen molar-refractivity contribution in [2.45, 2.75) is 39.2 Å². The maximum absolute atomic E-state index is 11.4. The highest BCUT2D eigenvalue weighted by Crippen LogP contribution is 2.19. The molecule has 1 heterocycles. The van der Waals surface area contributed by atoms with Gasteiger partial charge in [-0.2, -0.15) is 0 Å². The Labute approximate surface area is 121 Å². The Morgan fingerprint density at radius 3 is 2.60 bits per heavy atom. The van der Waals surface area contributed by atoms with Gasteiger partial charge in [-0.25, -0.2) is 0 Å². The van der Waals surface area contributed by atoms with Crippen molar-refractivity contribution < 1.29 is 4.79 Å². The van der Waals surface area contributed by atoms with Gasteiger partial charge in [-0.3, -0.25) is 4.79 Å². The Hall–Kier alpha value is -1.55. The van der Waals surface area contributed by atoms with Crippen LogP contribution in [0.5, 0.6) is 0 Å². The van der Waals surface area contributed by atoms with Gasteiger partial charge < -0.3 is 15.5 Å². The first-order chi connectivity index (χ1) is 9.71. The van der Waals surface area contributed by atoms with Crippen LogP contribution in [0.15, 0.2) is 24.3 Å². The van der Waals surface area contributed by atoms with E-state index in [0.717, 1.165) is 17.9 Å². The van der Waals surface area contributed by atoms with Gasteiger partial charge in [0.05, 0.1) is 0 Å². The van der Waals surface area contributed by atoms with Crippen molar-refractivity contribution in [3.8, 4) is 0 Å². The molecule has 2 N–H and O–H groups in total. The van der Waals surface area contributed by atoms with Crippen molar-refractivity contribution in [1.29, 1.82) is 0 Å². The third-order valence-electron chi connectivity index (χ3n) is 3.87. The summed E-state index contributed by atoms with van der Waals surface area (Å²) in [5.41, 5.74) is 1.96. The van der Waals surface area contributed by atoms with Crippen molar-refractivity contribution >= 4 is 17.3 Å². The average Bonchev–Trinajstić information content (AvgIpc) is 2.48. The summed E-state index contributed by atoms with van der Waals surface area (Å²) in [5, 5.41) is 6.48. The molecular formula is C16H25N3O. The van der Waals surface area contributed by atoms with Gasteiger partial charge in [0, 0.05) is 36.9 Å². The lowest BCUT2D eigenvalue weighted by Gasteiger charge is -2.32. The largest absolute Gasteiger partial charge is 0.382 e. The van der Waals surface area contributed by atoms with E-state index in [1.807, 2.05) is 25.1 Å². The van der Waals surface area contributed by atoms with Crippen LogP contribution in [0, 0.1) is 0 Å². The molecule has 1 aliphatic rings. The molecule has 1 aromatic rings. The van der Waals surface area contributed by atoms with Gasteiger partial charge in [-0.1, -0.05) is 19.9 Å². The minimum absolute atomic E-state index is 0.0541. The zero-order chi connectivity index (χ0) is 14.4. The van der Waals surface area contributed by atoms with Crippen molar-refractivity contribution in [1.82, 2.24) is 4.90 Å². The summed E-state index contributed by atoms with van der Waals surface area (Å²) in [7, 11) is 0. The van der Waals surface area contributed by atoms with Crippen LogP contribution in [0.25, 0.3) is 0 Å². The maximum Gasteiger partial charge on any atom is 0.224 e. The third kappa shape index (κ3) is 4.23. The molecule has 110 valence electrons. The fourth-order valence-corrected chi connectivity index (χ4v) is 2.57. The molecule has 0 aromatic heterocycles. The number of benzene rings is 1. The lowest BCUT2D eigenvalue weighted by molar-refractivity contribution is -0.115. The number of amides is 1. The Balaban J connectivity index is 1.90. The number of likely N-dealkylation sites (tertiary alicyclic amines) is 1. The highest BCUT2D eigenvalue weighted by Gasteiger charge is 2.17. The standard InChI is InChI=1S/C16H25N3O/c1-3-16(20)18-15-7-5-6-14(12-15)17-13-8-10-19(4-2)11-9-13/h5-7,12-13,17H,3-4,8-11H2,1-2H3,(H,18,20). The zero-order valence-corrected chi connectivity index (χ0v) is 12.5. The van der Waals surface area contributed by atoms with Gasteiger partial charge in [0.15, 0.2) is 0 Å². The van der Waals surface area contributed by atoms with Crippen molar-refractivity contribution in [2.75, 3.05) is 30.3 Å². The zero-order valence-electron chi connectivity index (χ0n) is 12.5. The molecule has 4 heteroatoms. The molecule has 0 unspecified atom stereocenters. The normalized spacial score (nSPS) is 16.9. The SMILES string of the molecule is CCC(=O)Nc1cccc(NC2CCN(CC)CC2)c1. The molecule has 4 nitrogen and oxygen atoms in total. The Morgan fingerprint density at radius 1 is 1.25 bits per heavy atom. The highest BCUT2D eigenvalue weighted by atomic mass is 16.1. The van der Waals surface area contributed by atoms with Gasteiger partial charge in [0.25, 0.3) is 0 Å². The number of hydrogen-bond donors (Lipinski definition) is 2. The van der Waals surface area contributed by atoms with Gasteiger partial charge >= 0.3 is 0 Å². The summed E-state index contributed by atoms with van der Waals surface area (Å²) in [6.45, 7) is 7.55. The van der Waals surface area contributed by atoms with Gasteiger partial charge in [0.1, 0.15) is 0 Å². The second kappa shape index (κ2) is 7.29. The number of rotatable bonds is 5. The minimum atomic E-state index is 0.0541. The van der Waals surface area contributed by atoms with Gasteiger partial charge in [0.2, 0.25) is 5.91 Å². The van der Waals surface area contributed by atoms with E-state index in [1.165, 1.54) is 25.9 Å². The number of anilines is 2. The molecule has 0 saturated carbocycles. The number of piperidine rings is 1. The predicted octanol–water partition coefficient (Wildman–Crippen LogP) is 2.93. The maximum atomic E-state index is 11.4. The van der Waals surface area contributed by atoms with Crippen LogP contribution < -0.4 is 10.6 Å². The quantitative estimate of drug-likeness (QED) is 0.868. The van der Waals surface area contributed by atoms with E-state index in [1.54, 1.807) is 0 Å². The van der Waals surface area contributed by atoms with Crippen LogP contribution in [-0.4, -0.2) is 36.5 Å². The lowest BCUT2D eigenvalue weighted by Crippen LogP contribution is -2.38. The van der Waals surface area contributed by atoms with Crippen LogP contribution in [0.2, 0.25) is 0 Å². The Bertz CT molecular complexity index is 439. The first kappa shape index (κ1) is 14.9. The first-order valence-electron chi connectivity index (χ1n) is 7.60. The summed E-state index contributed by atoms with van der Waals surface area (Å²) < 4.78 is 0. The first-order valence-corrected chi connectivity index (χ1v) is 7.60. The summed E-state index contributed by atoms with van der Waals surface area (Å²) >= 11 is 0. The van der Waals surface area contributed by atoms with Crippen LogP contribution in [0.1, 0.15) is 33.1 Å². The molecule has 1 fully saturated rings. The molecule has 0 bridgehead atoms. The van der Waals surface area contributed by atoms with E-state index in [0.29, 0.717) is 12.5 Å². The second-order valence-electron chi connectivity index (χ2n) is 5.34. The van der Waals surface area contributed by atoms with Crippen LogP contribution in [0.3, 0.4) is 0 Å². The fraction of sp³-hybridized carbons (Fsp3) is 0.562. The molecule has 0 atom stereocenters. The van der Waals surface area contributed by atoms with E-state index in [9.17, 15) is 4.79 Å². The topological polar surface area (TPSA) is 44.4 Å². The lowest BCUT2D eigenvalue weighted by atomic mass is 10.0. The molecule has 1 amide bonds. The van der Waals surface area contributed by atoms with E-state index in [2.05, 4.69) is 28.5 Å². The van der Waals surface area contributed by atoms with Gasteiger partial charge in [-0.15, -0.1) is 0 Å². The van der Waals surface area contributed by atoms with E-state index < -0.39 is 0 Å². The third-order valence-corrected chi connectivity index (χ3v) is 3.87. The Morgan fingerprint density at radius 2 is 1.95 bits per heavy atom. The summed E-state index contributed by atoms with van der Waals surface area (Å²) in [5.74, 6) is 0.0541. The van der Waals surface area contributed by atoms with Crippen molar-refractivity contribution in [3.63, 3.8) is 0 Å². The molecule has 1 aromatic carbocycles. The monoisotopic (exact) mass is 275 g/mol. The molecule has 1 aliphatic heterocycles. The van der Waals surface area contributed by atoms with Crippen LogP contribution >= 0.6 is 0 Å². The van der Waals surface area contributed by atoms with Crippen molar-refractivity contribution in [3.05, 3.63) is 24.3 Å². The highest BCUT2D eigenvalue weighted by molar-refractivity contribution is 5.90. The molecule has 0 spiro atoms. The Kier molecular flexibility index (Phi) is 5.41. The fourth-order valence-electron chi connectivity index (χ4n) is 2.57. The van der Waals surface area contributed by atoms with Crippen LogP contribution in [0.4, 0.5) is 11.4 Å². The summed E-state index contributed by atoms with van der Waals surface area (Å²) in [6.07, 6.45) is 2.87. The molecule has 2 rings (SSSR count). The van der Waals surface area contributed by atoms with Crippen LogP contribution in [-0.2, 0) is 4.79 Å². The van der Waals surface area contributed by atoms with Crippen molar-refractivity contribution in [2.24, 2.45) is 0 Å². The van der Waals surface area contributed by atoms with E-state index in [4.69, 9.17) is 0 Å². The molecule has 0 radical (unpaired) electrons. The molecule has 1 saturated heterocycles.